The Balaban J connectivity index is 1.91. The Kier molecular flexibility index (Phi) is 3.51. The summed E-state index contributed by atoms with van der Waals surface area (Å²) < 4.78 is 0. The van der Waals surface area contributed by atoms with Crippen LogP contribution < -0.4 is 10.2 Å². The van der Waals surface area contributed by atoms with Gasteiger partial charge in [0.25, 0.3) is 0 Å². The molecule has 1 aliphatic heterocycles. The van der Waals surface area contributed by atoms with E-state index in [1.807, 2.05) is 0 Å². The van der Waals surface area contributed by atoms with Crippen LogP contribution in [-0.4, -0.2) is 13.1 Å². The fourth-order valence-electron chi connectivity index (χ4n) is 2.79. The van der Waals surface area contributed by atoms with Gasteiger partial charge in [0.1, 0.15) is 0 Å². The first kappa shape index (κ1) is 12.2. The molecule has 2 aromatic rings. The second kappa shape index (κ2) is 5.45. The average molecular weight is 252 g/mol. The largest absolute Gasteiger partial charge is 0.370 e. The fraction of sp³-hybridized carbons (Fsp3) is 0.294. The van der Waals surface area contributed by atoms with Crippen molar-refractivity contribution in [2.75, 3.05) is 18.0 Å². The Bertz CT molecular complexity index is 536. The smallest absolute Gasteiger partial charge is 0.0500 e. The molecule has 0 saturated heterocycles. The van der Waals surface area contributed by atoms with Gasteiger partial charge in [-0.05, 0) is 24.1 Å². The summed E-state index contributed by atoms with van der Waals surface area (Å²) in [6.07, 6.45) is 0. The molecule has 2 heteroatoms. The highest BCUT2D eigenvalue weighted by Crippen LogP contribution is 2.27. The maximum absolute atomic E-state index is 3.68. The van der Waals surface area contributed by atoms with Crippen molar-refractivity contribution < 1.29 is 0 Å². The molecule has 0 aromatic heterocycles. The van der Waals surface area contributed by atoms with Crippen LogP contribution in [-0.2, 0) is 6.54 Å². The van der Waals surface area contributed by atoms with E-state index in [4.69, 9.17) is 0 Å². The summed E-state index contributed by atoms with van der Waals surface area (Å²) in [6.45, 7) is 5.23. The van der Waals surface area contributed by atoms with E-state index in [2.05, 4.69) is 71.7 Å². The second-order valence-electron chi connectivity index (χ2n) is 5.01. The Labute approximate surface area is 115 Å². The molecule has 1 atom stereocenters. The van der Waals surface area contributed by atoms with E-state index in [9.17, 15) is 0 Å². The number of fused-ring (bicyclic) bond motifs is 1. The van der Waals surface area contributed by atoms with Crippen molar-refractivity contribution >= 4 is 5.69 Å². The summed E-state index contributed by atoms with van der Waals surface area (Å²) in [5, 5.41) is 3.68. The molecule has 19 heavy (non-hydrogen) atoms. The highest BCUT2D eigenvalue weighted by atomic mass is 15.2. The molecule has 0 radical (unpaired) electrons. The Morgan fingerprint density at radius 2 is 1.79 bits per heavy atom. The molecule has 0 aliphatic carbocycles. The van der Waals surface area contributed by atoms with Crippen LogP contribution in [0, 0.1) is 0 Å². The molecule has 1 aliphatic rings. The molecule has 98 valence electrons. The van der Waals surface area contributed by atoms with Crippen LogP contribution >= 0.6 is 0 Å². The first-order valence-electron chi connectivity index (χ1n) is 6.99. The SMILES string of the molecule is CCN1CC(c2ccccc2)NCc2ccccc21. The van der Waals surface area contributed by atoms with Crippen molar-refractivity contribution in [3.63, 3.8) is 0 Å². The van der Waals surface area contributed by atoms with E-state index in [0.717, 1.165) is 19.6 Å². The van der Waals surface area contributed by atoms with Gasteiger partial charge in [-0.1, -0.05) is 48.5 Å². The van der Waals surface area contributed by atoms with Gasteiger partial charge < -0.3 is 10.2 Å². The van der Waals surface area contributed by atoms with E-state index < -0.39 is 0 Å². The number of nitrogens with one attached hydrogen (secondary N) is 1. The predicted molar refractivity (Wildman–Crippen MR) is 80.4 cm³/mol. The monoisotopic (exact) mass is 252 g/mol. The van der Waals surface area contributed by atoms with Gasteiger partial charge in [0.2, 0.25) is 0 Å². The normalized spacial score (nSPS) is 18.8. The Morgan fingerprint density at radius 1 is 1.05 bits per heavy atom. The quantitative estimate of drug-likeness (QED) is 0.881. The maximum atomic E-state index is 3.68. The number of hydrogen-bond acceptors (Lipinski definition) is 2. The fourth-order valence-corrected chi connectivity index (χ4v) is 2.79. The molecule has 0 bridgehead atoms. The van der Waals surface area contributed by atoms with Crippen LogP contribution in [0.25, 0.3) is 0 Å². The van der Waals surface area contributed by atoms with Crippen LogP contribution in [0.5, 0.6) is 0 Å². The van der Waals surface area contributed by atoms with Gasteiger partial charge in [0.15, 0.2) is 0 Å². The number of likely N-dealkylation sites (N-methyl/N-ethyl adjacent to an activating group) is 1. The Morgan fingerprint density at radius 3 is 2.58 bits per heavy atom. The first-order chi connectivity index (χ1) is 9.38. The van der Waals surface area contributed by atoms with Gasteiger partial charge in [-0.3, -0.25) is 0 Å². The molecule has 1 N–H and O–H groups in total. The topological polar surface area (TPSA) is 15.3 Å². The molecule has 0 amide bonds. The summed E-state index contributed by atoms with van der Waals surface area (Å²) >= 11 is 0. The lowest BCUT2D eigenvalue weighted by molar-refractivity contribution is 0.541. The molecule has 2 nitrogen and oxygen atoms in total. The summed E-state index contributed by atoms with van der Waals surface area (Å²) in [5.74, 6) is 0. The zero-order valence-electron chi connectivity index (χ0n) is 11.3. The molecular formula is C17H20N2. The lowest BCUT2D eigenvalue weighted by atomic mass is 10.1. The molecule has 0 saturated carbocycles. The second-order valence-corrected chi connectivity index (χ2v) is 5.01. The number of benzene rings is 2. The zero-order valence-corrected chi connectivity index (χ0v) is 11.3. The molecule has 2 aromatic carbocycles. The van der Waals surface area contributed by atoms with Crippen LogP contribution in [0.15, 0.2) is 54.6 Å². The van der Waals surface area contributed by atoms with Crippen LogP contribution in [0.3, 0.4) is 0 Å². The summed E-state index contributed by atoms with van der Waals surface area (Å²) in [4.78, 5) is 2.47. The minimum absolute atomic E-state index is 0.397. The lowest BCUT2D eigenvalue weighted by Crippen LogP contribution is -2.31. The number of rotatable bonds is 2. The highest BCUT2D eigenvalue weighted by molar-refractivity contribution is 5.54. The number of nitrogens with zero attached hydrogens (tertiary/aromatic N) is 1. The minimum Gasteiger partial charge on any atom is -0.370 e. The van der Waals surface area contributed by atoms with Gasteiger partial charge in [0, 0.05) is 25.3 Å². The number of hydrogen-bond donors (Lipinski definition) is 1. The average Bonchev–Trinajstić information content (AvgIpc) is 2.68. The van der Waals surface area contributed by atoms with E-state index in [1.54, 1.807) is 0 Å². The molecule has 0 spiro atoms. The molecule has 3 rings (SSSR count). The van der Waals surface area contributed by atoms with E-state index in [-0.39, 0.29) is 0 Å². The van der Waals surface area contributed by atoms with Crippen molar-refractivity contribution in [2.24, 2.45) is 0 Å². The summed E-state index contributed by atoms with van der Waals surface area (Å²) in [7, 11) is 0. The number of para-hydroxylation sites is 1. The van der Waals surface area contributed by atoms with Gasteiger partial charge >= 0.3 is 0 Å². The van der Waals surface area contributed by atoms with Crippen molar-refractivity contribution in [3.8, 4) is 0 Å². The standard InChI is InChI=1S/C17H20N2/c1-2-19-13-16(14-8-4-3-5-9-14)18-12-15-10-6-7-11-17(15)19/h3-11,16,18H,2,12-13H2,1H3. The van der Waals surface area contributed by atoms with Gasteiger partial charge in [0.05, 0.1) is 6.04 Å². The van der Waals surface area contributed by atoms with Crippen molar-refractivity contribution in [1.29, 1.82) is 0 Å². The van der Waals surface area contributed by atoms with Crippen molar-refractivity contribution in [2.45, 2.75) is 19.5 Å². The highest BCUT2D eigenvalue weighted by Gasteiger charge is 2.20. The van der Waals surface area contributed by atoms with Crippen LogP contribution in [0.2, 0.25) is 0 Å². The zero-order chi connectivity index (χ0) is 13.1. The molecule has 0 fully saturated rings. The lowest BCUT2D eigenvalue weighted by Gasteiger charge is -2.26. The summed E-state index contributed by atoms with van der Waals surface area (Å²) in [6, 6.07) is 19.8. The number of anilines is 1. The Hall–Kier alpha value is -1.80. The van der Waals surface area contributed by atoms with Gasteiger partial charge in [-0.25, -0.2) is 0 Å². The minimum atomic E-state index is 0.397. The summed E-state index contributed by atoms with van der Waals surface area (Å²) in [5.41, 5.74) is 4.13. The molecular weight excluding hydrogens is 232 g/mol. The van der Waals surface area contributed by atoms with E-state index >= 15 is 0 Å². The third-order valence-corrected chi connectivity index (χ3v) is 3.86. The van der Waals surface area contributed by atoms with E-state index in [1.165, 1.54) is 16.8 Å². The third-order valence-electron chi connectivity index (χ3n) is 3.86. The maximum Gasteiger partial charge on any atom is 0.0500 e. The van der Waals surface area contributed by atoms with Crippen LogP contribution in [0.1, 0.15) is 24.1 Å². The third kappa shape index (κ3) is 2.49. The van der Waals surface area contributed by atoms with Crippen molar-refractivity contribution in [3.05, 3.63) is 65.7 Å². The molecule has 1 heterocycles. The first-order valence-corrected chi connectivity index (χ1v) is 6.99. The van der Waals surface area contributed by atoms with Gasteiger partial charge in [-0.2, -0.15) is 0 Å². The van der Waals surface area contributed by atoms with Gasteiger partial charge in [-0.15, -0.1) is 0 Å². The van der Waals surface area contributed by atoms with Crippen LogP contribution in [0.4, 0.5) is 5.69 Å². The van der Waals surface area contributed by atoms with Crippen molar-refractivity contribution in [1.82, 2.24) is 5.32 Å². The molecule has 1 unspecified atom stereocenters. The van der Waals surface area contributed by atoms with E-state index in [0.29, 0.717) is 6.04 Å². The predicted octanol–water partition coefficient (Wildman–Crippen LogP) is 3.36.